The summed E-state index contributed by atoms with van der Waals surface area (Å²) in [4.78, 5) is 16.2. The zero-order chi connectivity index (χ0) is 20.3. The lowest BCUT2D eigenvalue weighted by Crippen LogP contribution is -2.12. The Morgan fingerprint density at radius 1 is 1.25 bits per heavy atom. The molecule has 0 aliphatic carbocycles. The van der Waals surface area contributed by atoms with Crippen molar-refractivity contribution >= 4 is 17.1 Å². The van der Waals surface area contributed by atoms with Gasteiger partial charge < -0.3 is 5.21 Å². The summed E-state index contributed by atoms with van der Waals surface area (Å²) in [7, 11) is 0. The quantitative estimate of drug-likeness (QED) is 0.379. The summed E-state index contributed by atoms with van der Waals surface area (Å²) in [5, 5.41) is 12.1. The zero-order valence-corrected chi connectivity index (χ0v) is 15.1. The van der Waals surface area contributed by atoms with Gasteiger partial charge in [-0.15, -0.1) is 0 Å². The SMILES string of the molecule is C/C(=N\O)c1ccn2c(-c3cccc(CC(=O)CCC(F)(F)F)c3)cnc2c1. The molecular formula is C20H18F3N3O2. The third kappa shape index (κ3) is 4.57. The zero-order valence-electron chi connectivity index (χ0n) is 15.1. The van der Waals surface area contributed by atoms with Gasteiger partial charge in [0.25, 0.3) is 0 Å². The number of alkyl halides is 3. The molecule has 3 aromatic rings. The normalized spacial score (nSPS) is 12.5. The number of carbonyl (C=O) groups excluding carboxylic acids is 1. The second-order valence-electron chi connectivity index (χ2n) is 6.50. The predicted molar refractivity (Wildman–Crippen MR) is 98.6 cm³/mol. The fourth-order valence-corrected chi connectivity index (χ4v) is 2.91. The summed E-state index contributed by atoms with van der Waals surface area (Å²) in [5.41, 5.74) is 4.09. The highest BCUT2D eigenvalue weighted by Crippen LogP contribution is 2.24. The smallest absolute Gasteiger partial charge is 0.389 e. The molecule has 1 N–H and O–H groups in total. The Hall–Kier alpha value is -3.16. The summed E-state index contributed by atoms with van der Waals surface area (Å²) >= 11 is 0. The number of pyridine rings is 1. The van der Waals surface area contributed by atoms with E-state index in [0.29, 0.717) is 16.9 Å². The van der Waals surface area contributed by atoms with Crippen LogP contribution in [0.15, 0.2) is 53.9 Å². The summed E-state index contributed by atoms with van der Waals surface area (Å²) in [6, 6.07) is 10.7. The van der Waals surface area contributed by atoms with Crippen LogP contribution in [0.2, 0.25) is 0 Å². The average Bonchev–Trinajstić information content (AvgIpc) is 3.08. The lowest BCUT2D eigenvalue weighted by molar-refractivity contribution is -0.143. The number of benzene rings is 1. The monoisotopic (exact) mass is 389 g/mol. The highest BCUT2D eigenvalue weighted by Gasteiger charge is 2.27. The van der Waals surface area contributed by atoms with Crippen LogP contribution in [0.3, 0.4) is 0 Å². The minimum absolute atomic E-state index is 0.0447. The second kappa shape index (κ2) is 7.84. The molecule has 0 aliphatic rings. The molecule has 146 valence electrons. The van der Waals surface area contributed by atoms with Crippen molar-refractivity contribution in [2.75, 3.05) is 0 Å². The molecule has 2 aromatic heterocycles. The van der Waals surface area contributed by atoms with Gasteiger partial charge in [0.15, 0.2) is 0 Å². The summed E-state index contributed by atoms with van der Waals surface area (Å²) in [6.07, 6.45) is -2.52. The number of fused-ring (bicyclic) bond motifs is 1. The number of hydrogen-bond acceptors (Lipinski definition) is 4. The Bertz CT molecular complexity index is 1040. The van der Waals surface area contributed by atoms with Crippen molar-refractivity contribution in [3.63, 3.8) is 0 Å². The van der Waals surface area contributed by atoms with Gasteiger partial charge in [-0.25, -0.2) is 4.98 Å². The molecule has 0 unspecified atom stereocenters. The van der Waals surface area contributed by atoms with Crippen molar-refractivity contribution in [2.24, 2.45) is 5.16 Å². The molecule has 8 heteroatoms. The predicted octanol–water partition coefficient (Wildman–Crippen LogP) is 4.65. The van der Waals surface area contributed by atoms with Crippen LogP contribution in [0.4, 0.5) is 13.2 Å². The van der Waals surface area contributed by atoms with E-state index in [2.05, 4.69) is 10.1 Å². The van der Waals surface area contributed by atoms with E-state index in [-0.39, 0.29) is 6.42 Å². The van der Waals surface area contributed by atoms with Crippen LogP contribution in [-0.2, 0) is 11.2 Å². The van der Waals surface area contributed by atoms with E-state index in [1.807, 2.05) is 10.5 Å². The molecule has 0 amide bonds. The Balaban J connectivity index is 1.83. The number of hydrogen-bond donors (Lipinski definition) is 1. The first-order valence-electron chi connectivity index (χ1n) is 8.61. The molecule has 0 saturated heterocycles. The van der Waals surface area contributed by atoms with E-state index in [1.54, 1.807) is 49.6 Å². The maximum absolute atomic E-state index is 12.3. The molecule has 28 heavy (non-hydrogen) atoms. The van der Waals surface area contributed by atoms with Gasteiger partial charge >= 0.3 is 6.18 Å². The van der Waals surface area contributed by atoms with Gasteiger partial charge in [0.2, 0.25) is 0 Å². The fourth-order valence-electron chi connectivity index (χ4n) is 2.91. The van der Waals surface area contributed by atoms with E-state index in [1.165, 1.54) is 0 Å². The van der Waals surface area contributed by atoms with Crippen LogP contribution in [-0.4, -0.2) is 32.3 Å². The lowest BCUT2D eigenvalue weighted by atomic mass is 10.0. The van der Waals surface area contributed by atoms with Crippen molar-refractivity contribution in [1.82, 2.24) is 9.38 Å². The van der Waals surface area contributed by atoms with E-state index < -0.39 is 24.8 Å². The Morgan fingerprint density at radius 3 is 2.75 bits per heavy atom. The number of rotatable bonds is 6. The van der Waals surface area contributed by atoms with Gasteiger partial charge in [-0.2, -0.15) is 13.2 Å². The average molecular weight is 389 g/mol. The molecule has 3 rings (SSSR count). The lowest BCUT2D eigenvalue weighted by Gasteiger charge is -2.07. The number of nitrogens with zero attached hydrogens (tertiary/aromatic N) is 3. The fraction of sp³-hybridized carbons (Fsp3) is 0.250. The molecule has 0 aliphatic heterocycles. The summed E-state index contributed by atoms with van der Waals surface area (Å²) < 4.78 is 38.7. The number of carbonyl (C=O) groups is 1. The number of ketones is 1. The largest absolute Gasteiger partial charge is 0.411 e. The van der Waals surface area contributed by atoms with Gasteiger partial charge in [0.1, 0.15) is 11.4 Å². The molecule has 0 radical (unpaired) electrons. The third-order valence-corrected chi connectivity index (χ3v) is 4.39. The van der Waals surface area contributed by atoms with E-state index in [0.717, 1.165) is 16.8 Å². The van der Waals surface area contributed by atoms with Crippen LogP contribution in [0, 0.1) is 0 Å². The minimum atomic E-state index is -4.33. The van der Waals surface area contributed by atoms with E-state index >= 15 is 0 Å². The number of imidazole rings is 1. The number of Topliss-reactive ketones (excluding diaryl/α,β-unsaturated/α-hetero) is 1. The molecule has 0 bridgehead atoms. The summed E-state index contributed by atoms with van der Waals surface area (Å²) in [5.74, 6) is -0.448. The summed E-state index contributed by atoms with van der Waals surface area (Å²) in [6.45, 7) is 1.68. The van der Waals surface area contributed by atoms with Crippen molar-refractivity contribution in [3.8, 4) is 11.3 Å². The van der Waals surface area contributed by atoms with Crippen molar-refractivity contribution in [3.05, 3.63) is 59.9 Å². The molecule has 2 heterocycles. The molecule has 1 aromatic carbocycles. The van der Waals surface area contributed by atoms with Crippen LogP contribution >= 0.6 is 0 Å². The first-order chi connectivity index (χ1) is 13.3. The minimum Gasteiger partial charge on any atom is -0.411 e. The Morgan fingerprint density at radius 2 is 2.04 bits per heavy atom. The van der Waals surface area contributed by atoms with Gasteiger partial charge in [0, 0.05) is 30.2 Å². The molecule has 5 nitrogen and oxygen atoms in total. The van der Waals surface area contributed by atoms with Gasteiger partial charge in [-0.3, -0.25) is 9.20 Å². The molecule has 0 atom stereocenters. The maximum atomic E-state index is 12.3. The first-order valence-corrected chi connectivity index (χ1v) is 8.61. The van der Waals surface area contributed by atoms with Crippen LogP contribution in [0.5, 0.6) is 0 Å². The topological polar surface area (TPSA) is 67.0 Å². The standard InChI is InChI=1S/C20H18F3N3O2/c1-13(25-28)15-6-8-26-18(12-24-19(26)11-15)16-4-2-3-14(9-16)10-17(27)5-7-20(21,22)23/h2-4,6,8-9,11-12,28H,5,7,10H2,1H3/b25-13+. The van der Waals surface area contributed by atoms with Gasteiger partial charge in [0.05, 0.1) is 24.0 Å². The molecule has 0 spiro atoms. The molecular weight excluding hydrogens is 371 g/mol. The number of oxime groups is 1. The van der Waals surface area contributed by atoms with E-state index in [4.69, 9.17) is 5.21 Å². The second-order valence-corrected chi connectivity index (χ2v) is 6.50. The number of aromatic nitrogens is 2. The maximum Gasteiger partial charge on any atom is 0.389 e. The first kappa shape index (κ1) is 19.6. The Labute approximate surface area is 159 Å². The third-order valence-electron chi connectivity index (χ3n) is 4.39. The molecule has 0 fully saturated rings. The highest BCUT2D eigenvalue weighted by molar-refractivity contribution is 5.99. The van der Waals surface area contributed by atoms with Crippen molar-refractivity contribution in [1.29, 1.82) is 0 Å². The van der Waals surface area contributed by atoms with E-state index in [9.17, 15) is 18.0 Å². The Kier molecular flexibility index (Phi) is 5.48. The van der Waals surface area contributed by atoms with Crippen molar-refractivity contribution in [2.45, 2.75) is 32.4 Å². The number of halogens is 3. The van der Waals surface area contributed by atoms with Crippen LogP contribution in [0.1, 0.15) is 30.9 Å². The van der Waals surface area contributed by atoms with Gasteiger partial charge in [-0.05, 0) is 30.7 Å². The van der Waals surface area contributed by atoms with Crippen molar-refractivity contribution < 1.29 is 23.2 Å². The van der Waals surface area contributed by atoms with Crippen LogP contribution < -0.4 is 0 Å². The highest BCUT2D eigenvalue weighted by atomic mass is 19.4. The van der Waals surface area contributed by atoms with Gasteiger partial charge in [-0.1, -0.05) is 23.4 Å². The van der Waals surface area contributed by atoms with Crippen LogP contribution in [0.25, 0.3) is 16.9 Å². The molecule has 0 saturated carbocycles.